The van der Waals surface area contributed by atoms with Crippen molar-refractivity contribution in [2.75, 3.05) is 13.2 Å². The molecule has 1 atom stereocenters. The van der Waals surface area contributed by atoms with Gasteiger partial charge in [-0.05, 0) is 0 Å². The fourth-order valence-electron chi connectivity index (χ4n) is 0.460. The Labute approximate surface area is 71.9 Å². The first-order valence-corrected chi connectivity index (χ1v) is 3.54. The Morgan fingerprint density at radius 2 is 2.25 bits per heavy atom. The van der Waals surface area contributed by atoms with E-state index in [1.165, 1.54) is 0 Å². The Morgan fingerprint density at radius 1 is 1.67 bits per heavy atom. The Bertz CT molecular complexity index is 186. The smallest absolute Gasteiger partial charge is 0.429 e. The molecule has 1 aliphatic heterocycles. The molecule has 12 heavy (non-hydrogen) atoms. The van der Waals surface area contributed by atoms with Crippen molar-refractivity contribution >= 4 is 11.6 Å². The quantitative estimate of drug-likeness (QED) is 0.516. The molecule has 0 aromatic rings. The fraction of sp³-hybridized carbons (Fsp3) is 0.667. The molecule has 1 rings (SSSR count). The van der Waals surface area contributed by atoms with Crippen molar-refractivity contribution in [3.63, 3.8) is 0 Å². The molecule has 0 bridgehead atoms. The SMILES string of the molecule is FC(F)(F)C(Cl)=COCC1CO1. The molecule has 0 saturated carbocycles. The van der Waals surface area contributed by atoms with Crippen molar-refractivity contribution in [3.8, 4) is 0 Å². The highest BCUT2D eigenvalue weighted by Crippen LogP contribution is 2.28. The van der Waals surface area contributed by atoms with Crippen LogP contribution in [0, 0.1) is 0 Å². The van der Waals surface area contributed by atoms with Crippen LogP contribution in [0.2, 0.25) is 0 Å². The van der Waals surface area contributed by atoms with Gasteiger partial charge in [0.2, 0.25) is 0 Å². The van der Waals surface area contributed by atoms with Crippen LogP contribution in [0.4, 0.5) is 13.2 Å². The van der Waals surface area contributed by atoms with Gasteiger partial charge in [0.05, 0.1) is 6.61 Å². The van der Waals surface area contributed by atoms with Crippen molar-refractivity contribution in [1.29, 1.82) is 0 Å². The second-order valence-corrected chi connectivity index (χ2v) is 2.66. The molecule has 0 radical (unpaired) electrons. The average molecular weight is 203 g/mol. The van der Waals surface area contributed by atoms with Crippen molar-refractivity contribution in [2.45, 2.75) is 12.3 Å². The molecular formula is C6H6ClF3O2. The number of ether oxygens (including phenoxy) is 2. The summed E-state index contributed by atoms with van der Waals surface area (Å²) < 4.78 is 44.2. The van der Waals surface area contributed by atoms with Crippen LogP contribution in [-0.2, 0) is 9.47 Å². The van der Waals surface area contributed by atoms with E-state index in [9.17, 15) is 13.2 Å². The number of allylic oxidation sites excluding steroid dienone is 1. The van der Waals surface area contributed by atoms with Crippen LogP contribution < -0.4 is 0 Å². The molecule has 1 unspecified atom stereocenters. The molecule has 0 aromatic carbocycles. The van der Waals surface area contributed by atoms with E-state index in [0.717, 1.165) is 0 Å². The molecule has 70 valence electrons. The van der Waals surface area contributed by atoms with E-state index < -0.39 is 11.2 Å². The van der Waals surface area contributed by atoms with Crippen LogP contribution in [0.1, 0.15) is 0 Å². The number of hydrogen-bond donors (Lipinski definition) is 0. The molecule has 0 amide bonds. The predicted molar refractivity (Wildman–Crippen MR) is 35.7 cm³/mol. The van der Waals surface area contributed by atoms with Crippen molar-refractivity contribution in [1.82, 2.24) is 0 Å². The van der Waals surface area contributed by atoms with Crippen LogP contribution in [0.3, 0.4) is 0 Å². The maximum absolute atomic E-state index is 11.7. The van der Waals surface area contributed by atoms with E-state index in [-0.39, 0.29) is 12.7 Å². The average Bonchev–Trinajstić information content (AvgIpc) is 2.69. The second-order valence-electron chi connectivity index (χ2n) is 2.25. The van der Waals surface area contributed by atoms with Gasteiger partial charge in [0, 0.05) is 0 Å². The van der Waals surface area contributed by atoms with E-state index in [0.29, 0.717) is 12.9 Å². The summed E-state index contributed by atoms with van der Waals surface area (Å²) in [7, 11) is 0. The zero-order valence-corrected chi connectivity index (χ0v) is 6.65. The van der Waals surface area contributed by atoms with Gasteiger partial charge >= 0.3 is 6.18 Å². The lowest BCUT2D eigenvalue weighted by Gasteiger charge is -2.03. The van der Waals surface area contributed by atoms with Gasteiger partial charge in [-0.2, -0.15) is 13.2 Å². The third kappa shape index (κ3) is 3.32. The third-order valence-corrected chi connectivity index (χ3v) is 1.45. The minimum absolute atomic E-state index is 0.0704. The normalized spacial score (nSPS) is 24.0. The van der Waals surface area contributed by atoms with E-state index in [4.69, 9.17) is 16.3 Å². The maximum atomic E-state index is 11.7. The Morgan fingerprint density at radius 3 is 2.67 bits per heavy atom. The first kappa shape index (κ1) is 9.67. The van der Waals surface area contributed by atoms with Gasteiger partial charge in [0.15, 0.2) is 5.03 Å². The zero-order valence-electron chi connectivity index (χ0n) is 5.90. The fourth-order valence-corrected chi connectivity index (χ4v) is 0.523. The van der Waals surface area contributed by atoms with Gasteiger partial charge < -0.3 is 9.47 Å². The molecule has 6 heteroatoms. The summed E-state index contributed by atoms with van der Waals surface area (Å²) in [6.45, 7) is 0.657. The summed E-state index contributed by atoms with van der Waals surface area (Å²) in [4.78, 5) is 0. The van der Waals surface area contributed by atoms with Crippen LogP contribution in [0.15, 0.2) is 11.3 Å². The van der Waals surface area contributed by atoms with Gasteiger partial charge in [-0.3, -0.25) is 0 Å². The Balaban J connectivity index is 2.24. The molecule has 0 N–H and O–H groups in total. The third-order valence-electron chi connectivity index (χ3n) is 1.14. The van der Waals surface area contributed by atoms with Crippen molar-refractivity contribution in [3.05, 3.63) is 11.3 Å². The van der Waals surface area contributed by atoms with E-state index in [1.54, 1.807) is 0 Å². The zero-order chi connectivity index (χ0) is 9.19. The lowest BCUT2D eigenvalue weighted by atomic mass is 10.5. The lowest BCUT2D eigenvalue weighted by Crippen LogP contribution is -2.08. The van der Waals surface area contributed by atoms with Gasteiger partial charge in [0.25, 0.3) is 0 Å². The molecule has 2 nitrogen and oxygen atoms in total. The molecule has 0 aromatic heterocycles. The predicted octanol–water partition coefficient (Wildman–Crippen LogP) is 2.04. The van der Waals surface area contributed by atoms with E-state index in [2.05, 4.69) is 4.74 Å². The van der Waals surface area contributed by atoms with E-state index >= 15 is 0 Å². The topological polar surface area (TPSA) is 21.8 Å². The molecule has 1 aliphatic rings. The first-order valence-electron chi connectivity index (χ1n) is 3.16. The number of alkyl halides is 3. The van der Waals surface area contributed by atoms with Crippen LogP contribution in [-0.4, -0.2) is 25.5 Å². The number of epoxide rings is 1. The summed E-state index contributed by atoms with van der Waals surface area (Å²) >= 11 is 4.83. The van der Waals surface area contributed by atoms with Gasteiger partial charge in [0.1, 0.15) is 19.0 Å². The van der Waals surface area contributed by atoms with Crippen molar-refractivity contribution in [2.24, 2.45) is 0 Å². The summed E-state index contributed by atoms with van der Waals surface area (Å²) in [6.07, 6.45) is -4.10. The van der Waals surface area contributed by atoms with Gasteiger partial charge in [-0.15, -0.1) is 0 Å². The molecule has 0 spiro atoms. The summed E-state index contributed by atoms with van der Waals surface area (Å²) in [5.41, 5.74) is 0. The molecule has 1 saturated heterocycles. The number of hydrogen-bond acceptors (Lipinski definition) is 2. The van der Waals surface area contributed by atoms with Gasteiger partial charge in [-0.1, -0.05) is 11.6 Å². The summed E-state index contributed by atoms with van der Waals surface area (Å²) in [5.74, 6) is 0. The van der Waals surface area contributed by atoms with Gasteiger partial charge in [-0.25, -0.2) is 0 Å². The van der Waals surface area contributed by atoms with Crippen LogP contribution in [0.5, 0.6) is 0 Å². The van der Waals surface area contributed by atoms with Crippen LogP contribution in [0.25, 0.3) is 0 Å². The lowest BCUT2D eigenvalue weighted by molar-refractivity contribution is -0.0865. The maximum Gasteiger partial charge on any atom is 0.429 e. The standard InChI is InChI=1S/C6H6ClF3O2/c7-5(6(8,9)10)3-11-1-4-2-12-4/h3-4H,1-2H2. The molecule has 0 aliphatic carbocycles. The summed E-state index contributed by atoms with van der Waals surface area (Å²) in [6, 6.07) is 0. The van der Waals surface area contributed by atoms with Crippen molar-refractivity contribution < 1.29 is 22.6 Å². The highest BCUT2D eigenvalue weighted by atomic mass is 35.5. The minimum Gasteiger partial charge on any atom is -0.497 e. The molecular weight excluding hydrogens is 197 g/mol. The molecule has 1 heterocycles. The highest BCUT2D eigenvalue weighted by molar-refractivity contribution is 6.30. The van der Waals surface area contributed by atoms with E-state index in [1.807, 2.05) is 0 Å². The Kier molecular flexibility index (Phi) is 2.85. The monoisotopic (exact) mass is 202 g/mol. The first-order chi connectivity index (χ1) is 5.50. The largest absolute Gasteiger partial charge is 0.497 e. The summed E-state index contributed by atoms with van der Waals surface area (Å²) in [5, 5.41) is -1.26. The molecule has 1 fully saturated rings. The Hall–Kier alpha value is -0.420. The highest BCUT2D eigenvalue weighted by Gasteiger charge is 2.33. The number of halogens is 4. The van der Waals surface area contributed by atoms with Crippen LogP contribution >= 0.6 is 11.6 Å². The minimum atomic E-state index is -4.52. The number of rotatable bonds is 3. The second kappa shape index (κ2) is 3.53.